The molecular weight excluding hydrogens is 448 g/mol. The molecule has 5 rings (SSSR count). The summed E-state index contributed by atoms with van der Waals surface area (Å²) < 4.78 is 11.2. The van der Waals surface area contributed by atoms with E-state index in [2.05, 4.69) is 17.4 Å². The van der Waals surface area contributed by atoms with Gasteiger partial charge in [-0.1, -0.05) is 66.4 Å². The Hall–Kier alpha value is -3.78. The number of amidine groups is 1. The lowest BCUT2D eigenvalue weighted by Crippen LogP contribution is -2.50. The topological polar surface area (TPSA) is 75.5 Å². The van der Waals surface area contributed by atoms with E-state index in [1.54, 1.807) is 12.1 Å². The summed E-state index contributed by atoms with van der Waals surface area (Å²) in [6, 6.07) is 23.4. The molecule has 0 radical (unpaired) electrons. The van der Waals surface area contributed by atoms with Crippen LogP contribution in [0.2, 0.25) is 0 Å². The lowest BCUT2D eigenvalue weighted by Gasteiger charge is -2.34. The number of carbonyl (C=O) groups excluding carboxylic acids is 1. The molecule has 2 aliphatic heterocycles. The van der Waals surface area contributed by atoms with Crippen molar-refractivity contribution in [3.05, 3.63) is 94.5 Å². The van der Waals surface area contributed by atoms with Crippen molar-refractivity contribution in [1.82, 2.24) is 10.3 Å². The van der Waals surface area contributed by atoms with Crippen molar-refractivity contribution in [3.8, 4) is 11.5 Å². The van der Waals surface area contributed by atoms with Crippen LogP contribution in [0.4, 0.5) is 0 Å². The maximum absolute atomic E-state index is 13.3. The number of rotatable bonds is 6. The number of nitrogens with zero attached hydrogens (tertiary/aromatic N) is 3. The molecule has 1 unspecified atom stereocenters. The second kappa shape index (κ2) is 9.61. The Kier molecular flexibility index (Phi) is 6.22. The number of hydrazone groups is 1. The third-order valence-corrected chi connectivity index (χ3v) is 6.45. The van der Waals surface area contributed by atoms with Crippen molar-refractivity contribution >= 4 is 28.5 Å². The quantitative estimate of drug-likeness (QED) is 0.597. The maximum Gasteiger partial charge on any atom is 0.276 e. The molecule has 0 spiro atoms. The second-order valence-electron chi connectivity index (χ2n) is 7.69. The summed E-state index contributed by atoms with van der Waals surface area (Å²) in [6.45, 7) is 2.46. The number of para-hydroxylation sites is 1. The molecule has 3 aromatic carbocycles. The highest BCUT2D eigenvalue weighted by Crippen LogP contribution is 2.36. The van der Waals surface area contributed by atoms with Crippen LogP contribution in [-0.4, -0.2) is 29.8 Å². The minimum atomic E-state index is -0.521. The van der Waals surface area contributed by atoms with E-state index >= 15 is 0 Å². The van der Waals surface area contributed by atoms with Crippen molar-refractivity contribution in [2.75, 3.05) is 13.7 Å². The molecule has 2 aliphatic rings. The highest BCUT2D eigenvalue weighted by molar-refractivity contribution is 8.13. The molecule has 7 nitrogen and oxygen atoms in total. The van der Waals surface area contributed by atoms with Gasteiger partial charge in [0.15, 0.2) is 22.8 Å². The zero-order valence-corrected chi connectivity index (χ0v) is 19.7. The number of nitrogens with one attached hydrogen (secondary N) is 1. The van der Waals surface area contributed by atoms with Gasteiger partial charge in [0, 0.05) is 16.5 Å². The van der Waals surface area contributed by atoms with Crippen molar-refractivity contribution in [2.24, 2.45) is 10.1 Å². The number of fused-ring (bicyclic) bond motifs is 2. The summed E-state index contributed by atoms with van der Waals surface area (Å²) in [6.07, 6.45) is -0.521. The predicted molar refractivity (Wildman–Crippen MR) is 133 cm³/mol. The fourth-order valence-electron chi connectivity index (χ4n) is 3.95. The summed E-state index contributed by atoms with van der Waals surface area (Å²) >= 11 is 1.48. The van der Waals surface area contributed by atoms with Crippen LogP contribution in [0.15, 0.2) is 82.9 Å². The van der Waals surface area contributed by atoms with Crippen molar-refractivity contribution in [1.29, 1.82) is 0 Å². The fraction of sp³-hybridized carbons (Fsp3) is 0.192. The van der Waals surface area contributed by atoms with Crippen LogP contribution in [0.5, 0.6) is 11.5 Å². The van der Waals surface area contributed by atoms with Gasteiger partial charge in [-0.2, -0.15) is 0 Å². The van der Waals surface area contributed by atoms with Crippen LogP contribution < -0.4 is 25.4 Å². The molecule has 172 valence electrons. The smallest absolute Gasteiger partial charge is 0.276 e. The lowest BCUT2D eigenvalue weighted by molar-refractivity contribution is -0.116. The number of ether oxygens (including phenoxy) is 2. The Morgan fingerprint density at radius 2 is 1.82 bits per heavy atom. The maximum atomic E-state index is 13.3. The Morgan fingerprint density at radius 1 is 1.03 bits per heavy atom. The molecule has 8 heteroatoms. The molecule has 1 amide bonds. The number of amides is 1. The SMILES string of the molecule is CCOc1ccc(C2N=c3ccccc3=C3C(=O)NC(SCc4ccccc4)=NN32)cc1OC. The summed E-state index contributed by atoms with van der Waals surface area (Å²) in [5, 5.41) is 11.5. The number of carbonyl (C=O) groups is 1. The average Bonchev–Trinajstić information content (AvgIpc) is 2.88. The van der Waals surface area contributed by atoms with Gasteiger partial charge in [0.25, 0.3) is 5.91 Å². The van der Waals surface area contributed by atoms with Crippen LogP contribution in [0.25, 0.3) is 5.70 Å². The number of methoxy groups -OCH3 is 1. The van der Waals surface area contributed by atoms with Crippen LogP contribution in [0, 0.1) is 0 Å². The van der Waals surface area contributed by atoms with Gasteiger partial charge in [0.2, 0.25) is 0 Å². The van der Waals surface area contributed by atoms with Crippen LogP contribution >= 0.6 is 11.8 Å². The molecular formula is C26H24N4O3S. The number of thioether (sulfide) groups is 1. The molecule has 0 aromatic heterocycles. The molecule has 0 saturated carbocycles. The minimum Gasteiger partial charge on any atom is -0.493 e. The first-order valence-electron chi connectivity index (χ1n) is 11.0. The molecule has 1 atom stereocenters. The first-order chi connectivity index (χ1) is 16.7. The normalized spacial score (nSPS) is 16.6. The minimum absolute atomic E-state index is 0.198. The van der Waals surface area contributed by atoms with E-state index in [1.807, 2.05) is 67.6 Å². The fourth-order valence-corrected chi connectivity index (χ4v) is 4.76. The van der Waals surface area contributed by atoms with Crippen LogP contribution in [-0.2, 0) is 10.5 Å². The largest absolute Gasteiger partial charge is 0.493 e. The van der Waals surface area contributed by atoms with E-state index in [9.17, 15) is 4.79 Å². The van der Waals surface area contributed by atoms with Gasteiger partial charge < -0.3 is 9.47 Å². The van der Waals surface area contributed by atoms with Gasteiger partial charge in [-0.25, -0.2) is 5.01 Å². The van der Waals surface area contributed by atoms with Crippen molar-refractivity contribution < 1.29 is 14.3 Å². The van der Waals surface area contributed by atoms with E-state index in [0.717, 1.165) is 21.7 Å². The van der Waals surface area contributed by atoms with Gasteiger partial charge in [0.05, 0.1) is 19.1 Å². The monoisotopic (exact) mass is 472 g/mol. The molecule has 0 fully saturated rings. The van der Waals surface area contributed by atoms with Crippen molar-refractivity contribution in [2.45, 2.75) is 18.8 Å². The summed E-state index contributed by atoms with van der Waals surface area (Å²) in [7, 11) is 1.61. The molecule has 0 saturated heterocycles. The van der Waals surface area contributed by atoms with Crippen molar-refractivity contribution in [3.63, 3.8) is 0 Å². The Morgan fingerprint density at radius 3 is 2.62 bits per heavy atom. The summed E-state index contributed by atoms with van der Waals surface area (Å²) in [5.74, 6) is 1.77. The molecule has 2 heterocycles. The van der Waals surface area contributed by atoms with E-state index < -0.39 is 6.17 Å². The highest BCUT2D eigenvalue weighted by atomic mass is 32.2. The Balaban J connectivity index is 1.57. The second-order valence-corrected chi connectivity index (χ2v) is 8.65. The first-order valence-corrected chi connectivity index (χ1v) is 12.0. The number of hydrogen-bond acceptors (Lipinski definition) is 7. The summed E-state index contributed by atoms with van der Waals surface area (Å²) in [5.41, 5.74) is 2.48. The molecule has 1 N–H and O–H groups in total. The van der Waals surface area contributed by atoms with E-state index in [-0.39, 0.29) is 5.91 Å². The molecule has 3 aromatic rings. The van der Waals surface area contributed by atoms with Gasteiger partial charge in [-0.15, -0.1) is 5.10 Å². The number of hydrogen-bond donors (Lipinski definition) is 1. The molecule has 34 heavy (non-hydrogen) atoms. The third kappa shape index (κ3) is 4.24. The third-order valence-electron chi connectivity index (χ3n) is 5.52. The Bertz CT molecular complexity index is 1370. The van der Waals surface area contributed by atoms with Gasteiger partial charge in [-0.05, 0) is 30.7 Å². The van der Waals surface area contributed by atoms with Crippen LogP contribution in [0.3, 0.4) is 0 Å². The highest BCUT2D eigenvalue weighted by Gasteiger charge is 2.34. The zero-order valence-electron chi connectivity index (χ0n) is 18.9. The zero-order chi connectivity index (χ0) is 23.5. The van der Waals surface area contributed by atoms with Gasteiger partial charge in [0.1, 0.15) is 5.70 Å². The molecule has 0 bridgehead atoms. The van der Waals surface area contributed by atoms with E-state index in [0.29, 0.717) is 34.7 Å². The summed E-state index contributed by atoms with van der Waals surface area (Å²) in [4.78, 5) is 18.2. The average molecular weight is 473 g/mol. The van der Waals surface area contributed by atoms with E-state index in [4.69, 9.17) is 19.6 Å². The van der Waals surface area contributed by atoms with E-state index in [1.165, 1.54) is 11.8 Å². The lowest BCUT2D eigenvalue weighted by atomic mass is 10.1. The number of benzene rings is 3. The van der Waals surface area contributed by atoms with Gasteiger partial charge in [-0.3, -0.25) is 15.1 Å². The van der Waals surface area contributed by atoms with Crippen LogP contribution in [0.1, 0.15) is 24.2 Å². The molecule has 0 aliphatic carbocycles. The van der Waals surface area contributed by atoms with Gasteiger partial charge >= 0.3 is 0 Å². The predicted octanol–water partition coefficient (Wildman–Crippen LogP) is 3.17. The Labute approximate surface area is 201 Å². The standard InChI is InChI=1S/C26H24N4O3S/c1-3-33-21-14-13-18(15-22(21)32-2)24-27-20-12-8-7-11-19(20)23-25(31)28-26(29-30(23)24)34-16-17-9-5-4-6-10-17/h4-15,24H,3,16H2,1-2H3,(H,28,29,31). The first kappa shape index (κ1) is 22.0.